The Morgan fingerprint density at radius 1 is 0.933 bits per heavy atom. The van der Waals surface area contributed by atoms with E-state index in [2.05, 4.69) is 9.97 Å². The molecule has 0 aromatic carbocycles. The molecule has 1 aromatic rings. The van der Waals surface area contributed by atoms with Crippen molar-refractivity contribution in [3.63, 3.8) is 0 Å². The highest BCUT2D eigenvalue weighted by atomic mass is 16.4. The van der Waals surface area contributed by atoms with E-state index in [1.54, 1.807) is 0 Å². The fourth-order valence-electron chi connectivity index (χ4n) is 0.798. The molecular formula is C7H4N2O6. The zero-order chi connectivity index (χ0) is 11.6. The van der Waals surface area contributed by atoms with Crippen LogP contribution in [0, 0.1) is 0 Å². The van der Waals surface area contributed by atoms with E-state index in [-0.39, 0.29) is 0 Å². The molecule has 0 aliphatic heterocycles. The molecule has 0 aliphatic rings. The average Bonchev–Trinajstić information content (AvgIpc) is 2.16. The SMILES string of the molecule is O=C(O)c1cnc(C(=O)O)c(C(=O)O)n1. The Kier molecular flexibility index (Phi) is 2.61. The van der Waals surface area contributed by atoms with Gasteiger partial charge in [0, 0.05) is 0 Å². The first-order valence-corrected chi connectivity index (χ1v) is 3.50. The van der Waals surface area contributed by atoms with Crippen LogP contribution in [0.2, 0.25) is 0 Å². The highest BCUT2D eigenvalue weighted by Crippen LogP contribution is 2.04. The van der Waals surface area contributed by atoms with Gasteiger partial charge in [-0.05, 0) is 0 Å². The lowest BCUT2D eigenvalue weighted by Crippen LogP contribution is -2.16. The standard InChI is InChI=1S/C7H4N2O6/c10-5(11)2-1-8-3(6(12)13)4(9-2)7(14)15/h1H,(H,10,11)(H,12,13)(H,14,15). The monoisotopic (exact) mass is 212 g/mol. The minimum absolute atomic E-state index is 0.627. The number of carboxylic acid groups (broad SMARTS) is 3. The molecule has 0 radical (unpaired) electrons. The molecular weight excluding hydrogens is 208 g/mol. The maximum atomic E-state index is 10.5. The second-order valence-electron chi connectivity index (χ2n) is 2.37. The molecule has 1 rings (SSSR count). The quantitative estimate of drug-likeness (QED) is 0.613. The predicted molar refractivity (Wildman–Crippen MR) is 42.9 cm³/mol. The van der Waals surface area contributed by atoms with E-state index in [1.165, 1.54) is 0 Å². The molecule has 0 amide bonds. The molecule has 3 N–H and O–H groups in total. The smallest absolute Gasteiger partial charge is 0.357 e. The molecule has 78 valence electrons. The van der Waals surface area contributed by atoms with E-state index >= 15 is 0 Å². The third kappa shape index (κ3) is 2.05. The van der Waals surface area contributed by atoms with Gasteiger partial charge in [-0.2, -0.15) is 0 Å². The van der Waals surface area contributed by atoms with E-state index in [9.17, 15) is 14.4 Å². The van der Waals surface area contributed by atoms with Crippen LogP contribution in [0.25, 0.3) is 0 Å². The van der Waals surface area contributed by atoms with Crippen LogP contribution in [0.4, 0.5) is 0 Å². The lowest BCUT2D eigenvalue weighted by Gasteiger charge is -2.00. The molecule has 8 heteroatoms. The molecule has 0 aliphatic carbocycles. The topological polar surface area (TPSA) is 138 Å². The van der Waals surface area contributed by atoms with Gasteiger partial charge < -0.3 is 15.3 Å². The van der Waals surface area contributed by atoms with Crippen LogP contribution >= 0.6 is 0 Å². The van der Waals surface area contributed by atoms with Gasteiger partial charge in [0.15, 0.2) is 17.1 Å². The second kappa shape index (κ2) is 3.70. The first-order valence-electron chi connectivity index (χ1n) is 3.50. The molecule has 0 unspecified atom stereocenters. The Bertz CT molecular complexity index is 455. The number of aromatic nitrogens is 2. The molecule has 1 aromatic heterocycles. The van der Waals surface area contributed by atoms with Gasteiger partial charge in [0.1, 0.15) is 0 Å². The highest BCUT2D eigenvalue weighted by Gasteiger charge is 2.21. The summed E-state index contributed by atoms with van der Waals surface area (Å²) in [5, 5.41) is 25.6. The van der Waals surface area contributed by atoms with Crippen LogP contribution < -0.4 is 0 Å². The van der Waals surface area contributed by atoms with Crippen molar-refractivity contribution in [3.8, 4) is 0 Å². The molecule has 0 fully saturated rings. The van der Waals surface area contributed by atoms with E-state index < -0.39 is 35.0 Å². The van der Waals surface area contributed by atoms with E-state index in [4.69, 9.17) is 15.3 Å². The number of rotatable bonds is 3. The first kappa shape index (κ1) is 10.6. The summed E-state index contributed by atoms with van der Waals surface area (Å²) in [4.78, 5) is 37.8. The highest BCUT2D eigenvalue weighted by molar-refractivity contribution is 5.99. The summed E-state index contributed by atoms with van der Waals surface area (Å²) < 4.78 is 0. The Hall–Kier alpha value is -2.51. The van der Waals surface area contributed by atoms with Crippen LogP contribution in [-0.2, 0) is 0 Å². The average molecular weight is 212 g/mol. The summed E-state index contributed by atoms with van der Waals surface area (Å²) in [5.41, 5.74) is -2.33. The zero-order valence-electron chi connectivity index (χ0n) is 7.04. The molecule has 0 atom stereocenters. The zero-order valence-corrected chi connectivity index (χ0v) is 7.04. The normalized spacial score (nSPS) is 9.60. The van der Waals surface area contributed by atoms with Gasteiger partial charge in [0.05, 0.1) is 6.20 Å². The van der Waals surface area contributed by atoms with Crippen molar-refractivity contribution in [3.05, 3.63) is 23.3 Å². The van der Waals surface area contributed by atoms with Crippen molar-refractivity contribution >= 4 is 17.9 Å². The van der Waals surface area contributed by atoms with Gasteiger partial charge in [-0.1, -0.05) is 0 Å². The number of carboxylic acids is 3. The fourth-order valence-corrected chi connectivity index (χ4v) is 0.798. The van der Waals surface area contributed by atoms with Crippen molar-refractivity contribution in [1.82, 2.24) is 9.97 Å². The maximum absolute atomic E-state index is 10.5. The largest absolute Gasteiger partial charge is 0.476 e. The molecule has 1 heterocycles. The van der Waals surface area contributed by atoms with Gasteiger partial charge >= 0.3 is 17.9 Å². The molecule has 15 heavy (non-hydrogen) atoms. The molecule has 8 nitrogen and oxygen atoms in total. The van der Waals surface area contributed by atoms with Crippen molar-refractivity contribution in [2.45, 2.75) is 0 Å². The summed E-state index contributed by atoms with van der Waals surface area (Å²) in [6.07, 6.45) is 0.679. The van der Waals surface area contributed by atoms with E-state index in [0.717, 1.165) is 0 Å². The van der Waals surface area contributed by atoms with Crippen molar-refractivity contribution in [2.75, 3.05) is 0 Å². The molecule has 0 saturated carbocycles. The van der Waals surface area contributed by atoms with Crippen LogP contribution in [-0.4, -0.2) is 43.2 Å². The van der Waals surface area contributed by atoms with Crippen molar-refractivity contribution in [2.24, 2.45) is 0 Å². The molecule has 0 bridgehead atoms. The third-order valence-corrected chi connectivity index (χ3v) is 1.40. The number of nitrogens with zero attached hydrogens (tertiary/aromatic N) is 2. The van der Waals surface area contributed by atoms with Crippen molar-refractivity contribution < 1.29 is 29.7 Å². The third-order valence-electron chi connectivity index (χ3n) is 1.40. The Morgan fingerprint density at radius 2 is 1.47 bits per heavy atom. The second-order valence-corrected chi connectivity index (χ2v) is 2.37. The van der Waals surface area contributed by atoms with Crippen LogP contribution in [0.1, 0.15) is 31.5 Å². The molecule has 0 saturated heterocycles. The minimum atomic E-state index is -1.65. The van der Waals surface area contributed by atoms with Gasteiger partial charge in [0.2, 0.25) is 0 Å². The van der Waals surface area contributed by atoms with Gasteiger partial charge in [0.25, 0.3) is 0 Å². The van der Waals surface area contributed by atoms with Crippen LogP contribution in [0.3, 0.4) is 0 Å². The summed E-state index contributed by atoms with van der Waals surface area (Å²) in [6, 6.07) is 0. The maximum Gasteiger partial charge on any atom is 0.357 e. The van der Waals surface area contributed by atoms with Gasteiger partial charge in [-0.3, -0.25) is 0 Å². The van der Waals surface area contributed by atoms with Crippen LogP contribution in [0.15, 0.2) is 6.20 Å². The lowest BCUT2D eigenvalue weighted by atomic mass is 10.3. The summed E-state index contributed by atoms with van der Waals surface area (Å²) in [7, 11) is 0. The Balaban J connectivity index is 3.40. The van der Waals surface area contributed by atoms with E-state index in [0.29, 0.717) is 6.20 Å². The van der Waals surface area contributed by atoms with Gasteiger partial charge in [-0.25, -0.2) is 24.4 Å². The number of hydrogen-bond donors (Lipinski definition) is 3. The lowest BCUT2D eigenvalue weighted by molar-refractivity contribution is 0.0635. The molecule has 0 spiro atoms. The number of aromatic carboxylic acids is 3. The predicted octanol–water partition coefficient (Wildman–Crippen LogP) is -0.429. The minimum Gasteiger partial charge on any atom is -0.476 e. The summed E-state index contributed by atoms with van der Waals surface area (Å²) in [6.45, 7) is 0. The first-order chi connectivity index (χ1) is 6.93. The number of carbonyl (C=O) groups is 3. The Morgan fingerprint density at radius 3 is 1.87 bits per heavy atom. The summed E-state index contributed by atoms with van der Waals surface area (Å²) >= 11 is 0. The fraction of sp³-hybridized carbons (Fsp3) is 0. The van der Waals surface area contributed by atoms with Gasteiger partial charge in [-0.15, -0.1) is 0 Å². The number of hydrogen-bond acceptors (Lipinski definition) is 5. The summed E-state index contributed by atoms with van der Waals surface area (Å²) in [5.74, 6) is -4.72. The van der Waals surface area contributed by atoms with Crippen LogP contribution in [0.5, 0.6) is 0 Å². The Labute approximate surface area is 81.8 Å². The van der Waals surface area contributed by atoms with E-state index in [1.807, 2.05) is 0 Å². The van der Waals surface area contributed by atoms with Crippen molar-refractivity contribution in [1.29, 1.82) is 0 Å².